The van der Waals surface area contributed by atoms with E-state index >= 15 is 0 Å². The molecule has 0 fully saturated rings. The second-order valence-corrected chi connectivity index (χ2v) is 5.60. The zero-order chi connectivity index (χ0) is 13.8. The van der Waals surface area contributed by atoms with Gasteiger partial charge in [-0.15, -0.1) is 0 Å². The van der Waals surface area contributed by atoms with Crippen molar-refractivity contribution < 1.29 is 9.13 Å². The van der Waals surface area contributed by atoms with Crippen molar-refractivity contribution >= 4 is 15.9 Å². The van der Waals surface area contributed by atoms with Gasteiger partial charge < -0.3 is 4.74 Å². The Morgan fingerprint density at radius 2 is 1.79 bits per heavy atom. The predicted octanol–water partition coefficient (Wildman–Crippen LogP) is 5.29. The summed E-state index contributed by atoms with van der Waals surface area (Å²) < 4.78 is 19.4. The Bertz CT molecular complexity index is 549. The summed E-state index contributed by atoms with van der Waals surface area (Å²) in [6.07, 6.45) is 0. The van der Waals surface area contributed by atoms with E-state index in [0.717, 1.165) is 15.8 Å². The van der Waals surface area contributed by atoms with Gasteiger partial charge in [-0.25, -0.2) is 4.39 Å². The number of hydrogen-bond acceptors (Lipinski definition) is 1. The number of ether oxygens (including phenoxy) is 1. The van der Waals surface area contributed by atoms with Crippen LogP contribution < -0.4 is 4.74 Å². The average molecular weight is 323 g/mol. The number of hydrogen-bond donors (Lipinski definition) is 0. The zero-order valence-electron chi connectivity index (χ0n) is 11.0. The molecule has 0 aromatic heterocycles. The van der Waals surface area contributed by atoms with Crippen molar-refractivity contribution in [1.29, 1.82) is 0 Å². The van der Waals surface area contributed by atoms with E-state index in [4.69, 9.17) is 4.74 Å². The van der Waals surface area contributed by atoms with Crippen molar-refractivity contribution in [2.45, 2.75) is 26.4 Å². The first-order chi connectivity index (χ1) is 9.06. The Morgan fingerprint density at radius 1 is 1.11 bits per heavy atom. The van der Waals surface area contributed by atoms with Crippen LogP contribution in [0.15, 0.2) is 46.9 Å². The van der Waals surface area contributed by atoms with Crippen LogP contribution in [0.25, 0.3) is 0 Å². The highest BCUT2D eigenvalue weighted by atomic mass is 79.9. The highest BCUT2D eigenvalue weighted by Crippen LogP contribution is 2.22. The van der Waals surface area contributed by atoms with Gasteiger partial charge in [0.05, 0.1) is 0 Å². The van der Waals surface area contributed by atoms with Gasteiger partial charge in [0, 0.05) is 10.0 Å². The van der Waals surface area contributed by atoms with Gasteiger partial charge in [0.15, 0.2) is 0 Å². The molecule has 0 N–H and O–H groups in total. The number of benzene rings is 2. The fourth-order valence-electron chi connectivity index (χ4n) is 1.75. The van der Waals surface area contributed by atoms with Gasteiger partial charge in [-0.3, -0.25) is 0 Å². The van der Waals surface area contributed by atoms with E-state index < -0.39 is 0 Å². The lowest BCUT2D eigenvalue weighted by Crippen LogP contribution is -1.97. The Balaban J connectivity index is 2.02. The third-order valence-corrected chi connectivity index (χ3v) is 3.69. The van der Waals surface area contributed by atoms with Crippen molar-refractivity contribution in [3.63, 3.8) is 0 Å². The summed E-state index contributed by atoms with van der Waals surface area (Å²) in [5.74, 6) is 1.08. The monoisotopic (exact) mass is 322 g/mol. The molecule has 0 bridgehead atoms. The van der Waals surface area contributed by atoms with E-state index in [1.807, 2.05) is 12.1 Å². The van der Waals surface area contributed by atoms with Gasteiger partial charge in [0.25, 0.3) is 0 Å². The first kappa shape index (κ1) is 14.1. The van der Waals surface area contributed by atoms with Gasteiger partial charge in [-0.05, 0) is 35.7 Å². The Kier molecular flexibility index (Phi) is 4.59. The van der Waals surface area contributed by atoms with Crippen LogP contribution in [-0.4, -0.2) is 0 Å². The van der Waals surface area contributed by atoms with Crippen LogP contribution in [0.2, 0.25) is 0 Å². The lowest BCUT2D eigenvalue weighted by Gasteiger charge is -2.10. The Labute approximate surface area is 121 Å². The van der Waals surface area contributed by atoms with Crippen LogP contribution in [0, 0.1) is 5.82 Å². The minimum Gasteiger partial charge on any atom is -0.489 e. The molecule has 19 heavy (non-hydrogen) atoms. The summed E-state index contributed by atoms with van der Waals surface area (Å²) in [4.78, 5) is 0. The number of halogens is 2. The molecule has 0 unspecified atom stereocenters. The molecule has 3 heteroatoms. The first-order valence-corrected chi connectivity index (χ1v) is 7.02. The van der Waals surface area contributed by atoms with Crippen molar-refractivity contribution in [2.75, 3.05) is 0 Å². The van der Waals surface area contributed by atoms with Crippen LogP contribution in [0.4, 0.5) is 4.39 Å². The van der Waals surface area contributed by atoms with Crippen molar-refractivity contribution in [3.8, 4) is 5.75 Å². The standard InChI is InChI=1S/C16H16BrFO/c1-11(2)12-4-7-15(8-5-12)19-10-13-3-6-14(18)9-16(13)17/h3-9,11H,10H2,1-2H3. The Morgan fingerprint density at radius 3 is 2.37 bits per heavy atom. The molecule has 2 rings (SSSR count). The lowest BCUT2D eigenvalue weighted by atomic mass is 10.0. The van der Waals surface area contributed by atoms with Crippen LogP contribution in [0.1, 0.15) is 30.9 Å². The third kappa shape index (κ3) is 3.80. The van der Waals surface area contributed by atoms with Gasteiger partial charge in [-0.1, -0.05) is 48.0 Å². The van der Waals surface area contributed by atoms with Crippen LogP contribution in [0.3, 0.4) is 0 Å². The van der Waals surface area contributed by atoms with E-state index in [1.54, 1.807) is 6.07 Å². The molecule has 0 radical (unpaired) electrons. The fourth-order valence-corrected chi connectivity index (χ4v) is 2.21. The molecule has 2 aromatic rings. The maximum Gasteiger partial charge on any atom is 0.124 e. The molecule has 100 valence electrons. The highest BCUT2D eigenvalue weighted by Gasteiger charge is 2.03. The summed E-state index contributed by atoms with van der Waals surface area (Å²) in [6.45, 7) is 4.73. The summed E-state index contributed by atoms with van der Waals surface area (Å²) in [7, 11) is 0. The second-order valence-electron chi connectivity index (χ2n) is 4.75. The quantitative estimate of drug-likeness (QED) is 0.743. The van der Waals surface area contributed by atoms with E-state index in [9.17, 15) is 4.39 Å². The molecular formula is C16H16BrFO. The van der Waals surface area contributed by atoms with Crippen LogP contribution in [-0.2, 0) is 6.61 Å². The minimum absolute atomic E-state index is 0.253. The molecule has 0 heterocycles. The molecule has 0 spiro atoms. The van der Waals surface area contributed by atoms with E-state index in [2.05, 4.69) is 41.9 Å². The summed E-state index contributed by atoms with van der Waals surface area (Å²) in [5, 5.41) is 0. The molecular weight excluding hydrogens is 307 g/mol. The summed E-state index contributed by atoms with van der Waals surface area (Å²) >= 11 is 3.33. The molecule has 2 aromatic carbocycles. The lowest BCUT2D eigenvalue weighted by molar-refractivity contribution is 0.305. The summed E-state index contributed by atoms with van der Waals surface area (Å²) in [6, 6.07) is 12.7. The second kappa shape index (κ2) is 6.20. The molecule has 0 aliphatic rings. The molecule has 0 saturated carbocycles. The topological polar surface area (TPSA) is 9.23 Å². The van der Waals surface area contributed by atoms with Gasteiger partial charge in [0.1, 0.15) is 18.2 Å². The maximum atomic E-state index is 13.0. The molecule has 0 aliphatic carbocycles. The van der Waals surface area contributed by atoms with Crippen molar-refractivity contribution in [2.24, 2.45) is 0 Å². The first-order valence-electron chi connectivity index (χ1n) is 6.23. The molecule has 1 nitrogen and oxygen atoms in total. The highest BCUT2D eigenvalue weighted by molar-refractivity contribution is 9.10. The SMILES string of the molecule is CC(C)c1ccc(OCc2ccc(F)cc2Br)cc1. The third-order valence-electron chi connectivity index (χ3n) is 2.96. The van der Waals surface area contributed by atoms with Gasteiger partial charge in [0.2, 0.25) is 0 Å². The van der Waals surface area contributed by atoms with Crippen LogP contribution in [0.5, 0.6) is 5.75 Å². The Hall–Kier alpha value is -1.35. The van der Waals surface area contributed by atoms with E-state index in [0.29, 0.717) is 12.5 Å². The molecule has 0 saturated heterocycles. The normalized spacial score (nSPS) is 10.8. The molecule has 0 aliphatic heterocycles. The van der Waals surface area contributed by atoms with Gasteiger partial charge in [-0.2, -0.15) is 0 Å². The van der Waals surface area contributed by atoms with E-state index in [-0.39, 0.29) is 5.82 Å². The van der Waals surface area contributed by atoms with Crippen molar-refractivity contribution in [1.82, 2.24) is 0 Å². The van der Waals surface area contributed by atoms with E-state index in [1.165, 1.54) is 17.7 Å². The van der Waals surface area contributed by atoms with Crippen molar-refractivity contribution in [3.05, 3.63) is 63.9 Å². The fraction of sp³-hybridized carbons (Fsp3) is 0.250. The number of rotatable bonds is 4. The molecule has 0 amide bonds. The molecule has 0 atom stereocenters. The van der Waals surface area contributed by atoms with Crippen LogP contribution >= 0.6 is 15.9 Å². The summed E-state index contributed by atoms with van der Waals surface area (Å²) in [5.41, 5.74) is 2.21. The minimum atomic E-state index is -0.253. The average Bonchev–Trinajstić information content (AvgIpc) is 2.38. The van der Waals surface area contributed by atoms with Gasteiger partial charge >= 0.3 is 0 Å². The largest absolute Gasteiger partial charge is 0.489 e. The smallest absolute Gasteiger partial charge is 0.124 e. The predicted molar refractivity (Wildman–Crippen MR) is 79.0 cm³/mol. The zero-order valence-corrected chi connectivity index (χ0v) is 12.6. The maximum absolute atomic E-state index is 13.0.